The lowest BCUT2D eigenvalue weighted by molar-refractivity contribution is 0.756. The van der Waals surface area contributed by atoms with Crippen LogP contribution in [0.3, 0.4) is 0 Å². The predicted molar refractivity (Wildman–Crippen MR) is 57.4 cm³/mol. The van der Waals surface area contributed by atoms with Crippen molar-refractivity contribution in [3.05, 3.63) is 11.4 Å². The molecular weight excluding hydrogens is 190 g/mol. The zero-order valence-electron chi connectivity index (χ0n) is 9.36. The van der Waals surface area contributed by atoms with E-state index in [-0.39, 0.29) is 0 Å². The molecule has 1 heterocycles. The minimum Gasteiger partial charge on any atom is -0.339 e. The Bertz CT molecular complexity index is 369. The van der Waals surface area contributed by atoms with Crippen molar-refractivity contribution in [1.29, 1.82) is 5.26 Å². The third kappa shape index (κ3) is 2.88. The van der Waals surface area contributed by atoms with Gasteiger partial charge in [0, 0.05) is 13.1 Å². The molecule has 0 N–H and O–H groups in total. The number of anilines is 1. The Morgan fingerprint density at radius 2 is 2.00 bits per heavy atom. The number of nitriles is 1. The Hall–Kier alpha value is -1.70. The highest BCUT2D eigenvalue weighted by molar-refractivity contribution is 5.29. The van der Waals surface area contributed by atoms with E-state index in [4.69, 9.17) is 5.26 Å². The van der Waals surface area contributed by atoms with Gasteiger partial charge in [-0.15, -0.1) is 5.10 Å². The highest BCUT2D eigenvalue weighted by Gasteiger charge is 2.08. The molecule has 0 spiro atoms. The van der Waals surface area contributed by atoms with Crippen molar-refractivity contribution in [1.82, 2.24) is 15.2 Å². The van der Waals surface area contributed by atoms with Crippen molar-refractivity contribution in [2.75, 3.05) is 18.0 Å². The van der Waals surface area contributed by atoms with E-state index in [0.717, 1.165) is 17.9 Å². The van der Waals surface area contributed by atoms with Crippen LogP contribution < -0.4 is 4.90 Å². The van der Waals surface area contributed by atoms with E-state index in [2.05, 4.69) is 21.3 Å². The molecule has 0 aliphatic carbocycles. The van der Waals surface area contributed by atoms with Gasteiger partial charge in [-0.05, 0) is 20.8 Å². The average Bonchev–Trinajstić information content (AvgIpc) is 2.24. The van der Waals surface area contributed by atoms with Crippen molar-refractivity contribution >= 4 is 5.95 Å². The molecule has 0 bridgehead atoms. The van der Waals surface area contributed by atoms with E-state index in [1.165, 1.54) is 0 Å². The fourth-order valence-corrected chi connectivity index (χ4v) is 1.16. The summed E-state index contributed by atoms with van der Waals surface area (Å²) in [6, 6.07) is 2.11. The predicted octanol–water partition coefficient (Wildman–Crippen LogP) is 1.23. The summed E-state index contributed by atoms with van der Waals surface area (Å²) in [5, 5.41) is 16.6. The third-order valence-electron chi connectivity index (χ3n) is 2.24. The third-order valence-corrected chi connectivity index (χ3v) is 2.24. The van der Waals surface area contributed by atoms with Gasteiger partial charge in [-0.1, -0.05) is 0 Å². The Morgan fingerprint density at radius 1 is 1.27 bits per heavy atom. The minimum absolute atomic E-state index is 0.476. The van der Waals surface area contributed by atoms with Crippen LogP contribution in [0.1, 0.15) is 24.7 Å². The van der Waals surface area contributed by atoms with Crippen molar-refractivity contribution in [2.24, 2.45) is 0 Å². The van der Waals surface area contributed by atoms with Crippen LogP contribution in [0.5, 0.6) is 0 Å². The Balaban J connectivity index is 2.83. The van der Waals surface area contributed by atoms with Gasteiger partial charge in [-0.3, -0.25) is 0 Å². The first-order valence-corrected chi connectivity index (χ1v) is 4.98. The summed E-state index contributed by atoms with van der Waals surface area (Å²) in [7, 11) is 0. The van der Waals surface area contributed by atoms with Crippen LogP contribution in [0.2, 0.25) is 0 Å². The van der Waals surface area contributed by atoms with Gasteiger partial charge in [-0.25, -0.2) is 4.98 Å². The summed E-state index contributed by atoms with van der Waals surface area (Å²) >= 11 is 0. The molecule has 80 valence electrons. The number of hydrogen-bond acceptors (Lipinski definition) is 5. The molecule has 0 fully saturated rings. The largest absolute Gasteiger partial charge is 0.339 e. The smallest absolute Gasteiger partial charge is 0.245 e. The first kappa shape index (κ1) is 11.4. The number of nitrogens with zero attached hydrogens (tertiary/aromatic N) is 5. The van der Waals surface area contributed by atoms with Gasteiger partial charge in [0.2, 0.25) is 5.95 Å². The SMILES string of the molecule is CCN(CCC#N)c1nnc(C)c(C)n1. The van der Waals surface area contributed by atoms with Gasteiger partial charge >= 0.3 is 0 Å². The molecule has 0 aliphatic heterocycles. The second kappa shape index (κ2) is 5.25. The summed E-state index contributed by atoms with van der Waals surface area (Å²) in [6.45, 7) is 7.23. The monoisotopic (exact) mass is 205 g/mol. The standard InChI is InChI=1S/C10H15N5/c1-4-15(7-5-6-11)10-12-8(2)9(3)13-14-10/h4-5,7H2,1-3H3. The molecule has 5 nitrogen and oxygen atoms in total. The van der Waals surface area contributed by atoms with Gasteiger partial charge in [0.05, 0.1) is 23.9 Å². The normalized spacial score (nSPS) is 9.73. The quantitative estimate of drug-likeness (QED) is 0.739. The number of rotatable bonds is 4. The van der Waals surface area contributed by atoms with Gasteiger partial charge in [0.15, 0.2) is 0 Å². The van der Waals surface area contributed by atoms with Gasteiger partial charge in [0.1, 0.15) is 0 Å². The summed E-state index contributed by atoms with van der Waals surface area (Å²) < 4.78 is 0. The molecule has 0 aliphatic rings. The molecule has 5 heteroatoms. The van der Waals surface area contributed by atoms with Gasteiger partial charge in [0.25, 0.3) is 0 Å². The van der Waals surface area contributed by atoms with Gasteiger partial charge in [-0.2, -0.15) is 10.4 Å². The molecule has 1 aromatic heterocycles. The van der Waals surface area contributed by atoms with Crippen molar-refractivity contribution < 1.29 is 0 Å². The van der Waals surface area contributed by atoms with E-state index in [1.807, 2.05) is 25.7 Å². The fourth-order valence-electron chi connectivity index (χ4n) is 1.16. The van der Waals surface area contributed by atoms with E-state index < -0.39 is 0 Å². The van der Waals surface area contributed by atoms with Crippen molar-refractivity contribution in [3.63, 3.8) is 0 Å². The highest BCUT2D eigenvalue weighted by atomic mass is 15.3. The Morgan fingerprint density at radius 3 is 2.53 bits per heavy atom. The maximum absolute atomic E-state index is 8.52. The molecule has 0 amide bonds. The summed E-state index contributed by atoms with van der Waals surface area (Å²) in [5.41, 5.74) is 1.73. The molecule has 1 rings (SSSR count). The fraction of sp³-hybridized carbons (Fsp3) is 0.600. The summed E-state index contributed by atoms with van der Waals surface area (Å²) in [5.74, 6) is 0.607. The molecule has 0 saturated heterocycles. The van der Waals surface area contributed by atoms with Crippen LogP contribution in [0.4, 0.5) is 5.95 Å². The maximum atomic E-state index is 8.52. The summed E-state index contributed by atoms with van der Waals surface area (Å²) in [6.07, 6.45) is 0.476. The number of hydrogen-bond donors (Lipinski definition) is 0. The zero-order valence-corrected chi connectivity index (χ0v) is 9.36. The Kier molecular flexibility index (Phi) is 3.98. The average molecular weight is 205 g/mol. The summed E-state index contributed by atoms with van der Waals surface area (Å²) in [4.78, 5) is 6.29. The van der Waals surface area contributed by atoms with Crippen LogP contribution in [-0.2, 0) is 0 Å². The second-order valence-electron chi connectivity index (χ2n) is 3.27. The van der Waals surface area contributed by atoms with Crippen LogP contribution in [0.15, 0.2) is 0 Å². The first-order chi connectivity index (χ1) is 7.19. The van der Waals surface area contributed by atoms with E-state index in [1.54, 1.807) is 0 Å². The maximum Gasteiger partial charge on any atom is 0.245 e. The highest BCUT2D eigenvalue weighted by Crippen LogP contribution is 2.08. The topological polar surface area (TPSA) is 65.7 Å². The zero-order chi connectivity index (χ0) is 11.3. The van der Waals surface area contributed by atoms with Crippen LogP contribution in [0.25, 0.3) is 0 Å². The van der Waals surface area contributed by atoms with E-state index >= 15 is 0 Å². The van der Waals surface area contributed by atoms with Crippen LogP contribution >= 0.6 is 0 Å². The van der Waals surface area contributed by atoms with E-state index in [0.29, 0.717) is 18.9 Å². The molecule has 15 heavy (non-hydrogen) atoms. The lowest BCUT2D eigenvalue weighted by atomic mass is 10.4. The second-order valence-corrected chi connectivity index (χ2v) is 3.27. The lowest BCUT2D eigenvalue weighted by Gasteiger charge is -2.18. The molecule has 0 aromatic carbocycles. The lowest BCUT2D eigenvalue weighted by Crippen LogP contribution is -2.26. The Labute approximate surface area is 89.8 Å². The van der Waals surface area contributed by atoms with E-state index in [9.17, 15) is 0 Å². The molecule has 0 atom stereocenters. The molecule has 0 radical (unpaired) electrons. The van der Waals surface area contributed by atoms with Crippen molar-refractivity contribution in [2.45, 2.75) is 27.2 Å². The molecular formula is C10H15N5. The molecule has 0 unspecified atom stereocenters. The number of aryl methyl sites for hydroxylation is 2. The molecule has 1 aromatic rings. The van der Waals surface area contributed by atoms with Crippen LogP contribution in [-0.4, -0.2) is 28.3 Å². The molecule has 0 saturated carbocycles. The van der Waals surface area contributed by atoms with Crippen molar-refractivity contribution in [3.8, 4) is 6.07 Å². The van der Waals surface area contributed by atoms with Gasteiger partial charge < -0.3 is 4.90 Å². The first-order valence-electron chi connectivity index (χ1n) is 4.98. The number of aromatic nitrogens is 3. The minimum atomic E-state index is 0.476. The van der Waals surface area contributed by atoms with Crippen LogP contribution in [0, 0.1) is 25.2 Å².